The standard InChI is InChI=1S/C13H19ClN6O/c1-10(2)4-8-21-9-6-15-12-17-11(14)18-13(19-12)20-7-3-5-16-20/h3,5,7,10H,4,6,8-9H2,1-2H3,(H,15,17,18,19). The van der Waals surface area contributed by atoms with Crippen LogP contribution in [0.25, 0.3) is 5.95 Å². The second kappa shape index (κ2) is 7.90. The zero-order valence-electron chi connectivity index (χ0n) is 12.2. The van der Waals surface area contributed by atoms with Crippen molar-refractivity contribution in [3.63, 3.8) is 0 Å². The summed E-state index contributed by atoms with van der Waals surface area (Å²) >= 11 is 5.89. The first-order valence-corrected chi connectivity index (χ1v) is 7.26. The van der Waals surface area contributed by atoms with Crippen molar-refractivity contribution in [3.05, 3.63) is 23.7 Å². The molecule has 2 aromatic heterocycles. The predicted octanol–water partition coefficient (Wildman–Crippen LogP) is 2.19. The molecule has 0 bridgehead atoms. The van der Waals surface area contributed by atoms with Gasteiger partial charge in [-0.3, -0.25) is 0 Å². The van der Waals surface area contributed by atoms with Crippen molar-refractivity contribution in [1.82, 2.24) is 24.7 Å². The van der Waals surface area contributed by atoms with Crippen LogP contribution in [-0.4, -0.2) is 44.5 Å². The second-order valence-corrected chi connectivity index (χ2v) is 5.24. The molecule has 0 aliphatic rings. The minimum atomic E-state index is 0.124. The molecule has 0 fully saturated rings. The van der Waals surface area contributed by atoms with Gasteiger partial charge < -0.3 is 10.1 Å². The van der Waals surface area contributed by atoms with Crippen LogP contribution in [-0.2, 0) is 4.74 Å². The molecule has 0 radical (unpaired) electrons. The van der Waals surface area contributed by atoms with Crippen molar-refractivity contribution in [1.29, 1.82) is 0 Å². The third kappa shape index (κ3) is 5.28. The highest BCUT2D eigenvalue weighted by Crippen LogP contribution is 2.08. The Labute approximate surface area is 128 Å². The summed E-state index contributed by atoms with van der Waals surface area (Å²) in [5, 5.41) is 7.25. The lowest BCUT2D eigenvalue weighted by atomic mass is 10.1. The van der Waals surface area contributed by atoms with Gasteiger partial charge in [0.15, 0.2) is 0 Å². The quantitative estimate of drug-likeness (QED) is 0.753. The SMILES string of the molecule is CC(C)CCOCCNc1nc(Cl)nc(-n2cccn2)n1. The number of hydrogen-bond acceptors (Lipinski definition) is 6. The van der Waals surface area contributed by atoms with Crippen LogP contribution in [0.4, 0.5) is 5.95 Å². The summed E-state index contributed by atoms with van der Waals surface area (Å²) in [7, 11) is 0. The molecule has 7 nitrogen and oxygen atoms in total. The summed E-state index contributed by atoms with van der Waals surface area (Å²) in [5.74, 6) is 1.44. The van der Waals surface area contributed by atoms with E-state index in [1.165, 1.54) is 4.68 Å². The van der Waals surface area contributed by atoms with Gasteiger partial charge in [-0.25, -0.2) is 4.68 Å². The lowest BCUT2D eigenvalue weighted by molar-refractivity contribution is 0.132. The van der Waals surface area contributed by atoms with E-state index in [2.05, 4.69) is 39.2 Å². The Balaban J connectivity index is 1.83. The van der Waals surface area contributed by atoms with Gasteiger partial charge in [-0.05, 0) is 30.0 Å². The van der Waals surface area contributed by atoms with Crippen LogP contribution < -0.4 is 5.32 Å². The van der Waals surface area contributed by atoms with Crippen LogP contribution in [0.3, 0.4) is 0 Å². The highest BCUT2D eigenvalue weighted by atomic mass is 35.5. The average molecular weight is 311 g/mol. The summed E-state index contributed by atoms with van der Waals surface area (Å²) in [6.07, 6.45) is 4.44. The zero-order chi connectivity index (χ0) is 15.1. The normalized spacial score (nSPS) is 11.0. The largest absolute Gasteiger partial charge is 0.380 e. The van der Waals surface area contributed by atoms with E-state index in [1.54, 1.807) is 18.5 Å². The maximum absolute atomic E-state index is 5.89. The van der Waals surface area contributed by atoms with Gasteiger partial charge in [0.25, 0.3) is 5.95 Å². The van der Waals surface area contributed by atoms with Crippen LogP contribution in [0.2, 0.25) is 5.28 Å². The van der Waals surface area contributed by atoms with Crippen molar-refractivity contribution < 1.29 is 4.74 Å². The van der Waals surface area contributed by atoms with Gasteiger partial charge in [0.1, 0.15) is 0 Å². The third-order valence-corrected chi connectivity index (χ3v) is 2.84. The number of ether oxygens (including phenoxy) is 1. The van der Waals surface area contributed by atoms with E-state index in [9.17, 15) is 0 Å². The number of aromatic nitrogens is 5. The first kappa shape index (κ1) is 15.7. The van der Waals surface area contributed by atoms with Crippen LogP contribution in [0.15, 0.2) is 18.5 Å². The van der Waals surface area contributed by atoms with E-state index in [4.69, 9.17) is 16.3 Å². The Kier molecular flexibility index (Phi) is 5.89. The number of anilines is 1. The van der Waals surface area contributed by atoms with Crippen molar-refractivity contribution in [2.45, 2.75) is 20.3 Å². The molecule has 2 heterocycles. The van der Waals surface area contributed by atoms with Crippen LogP contribution in [0.5, 0.6) is 0 Å². The average Bonchev–Trinajstić information content (AvgIpc) is 2.96. The summed E-state index contributed by atoms with van der Waals surface area (Å²) in [6.45, 7) is 6.30. The zero-order valence-corrected chi connectivity index (χ0v) is 12.9. The summed E-state index contributed by atoms with van der Waals surface area (Å²) in [6, 6.07) is 1.79. The van der Waals surface area contributed by atoms with Gasteiger partial charge in [-0.15, -0.1) is 0 Å². The first-order chi connectivity index (χ1) is 10.1. The molecule has 0 saturated heterocycles. The number of halogens is 1. The van der Waals surface area contributed by atoms with Gasteiger partial charge >= 0.3 is 0 Å². The molecule has 2 aromatic rings. The van der Waals surface area contributed by atoms with E-state index in [0.29, 0.717) is 31.0 Å². The summed E-state index contributed by atoms with van der Waals surface area (Å²) < 4.78 is 7.04. The first-order valence-electron chi connectivity index (χ1n) is 6.88. The second-order valence-electron chi connectivity index (χ2n) is 4.90. The molecular formula is C13H19ClN6O. The molecule has 0 saturated carbocycles. The van der Waals surface area contributed by atoms with Gasteiger partial charge in [-0.2, -0.15) is 20.1 Å². The lowest BCUT2D eigenvalue weighted by Gasteiger charge is -2.08. The Morgan fingerprint density at radius 2 is 2.14 bits per heavy atom. The lowest BCUT2D eigenvalue weighted by Crippen LogP contribution is -2.14. The van der Waals surface area contributed by atoms with E-state index in [1.807, 2.05) is 0 Å². The maximum atomic E-state index is 5.89. The number of nitrogens with zero attached hydrogens (tertiary/aromatic N) is 5. The molecule has 114 valence electrons. The third-order valence-electron chi connectivity index (χ3n) is 2.67. The van der Waals surface area contributed by atoms with E-state index >= 15 is 0 Å². The summed E-state index contributed by atoms with van der Waals surface area (Å²) in [4.78, 5) is 12.3. The minimum Gasteiger partial charge on any atom is -0.380 e. The smallest absolute Gasteiger partial charge is 0.256 e. The van der Waals surface area contributed by atoms with Crippen molar-refractivity contribution in [2.75, 3.05) is 25.1 Å². The molecule has 1 N–H and O–H groups in total. The molecule has 0 aromatic carbocycles. The molecule has 0 unspecified atom stereocenters. The monoisotopic (exact) mass is 310 g/mol. The maximum Gasteiger partial charge on any atom is 0.256 e. The Morgan fingerprint density at radius 3 is 2.86 bits per heavy atom. The van der Waals surface area contributed by atoms with Crippen molar-refractivity contribution in [3.8, 4) is 5.95 Å². The van der Waals surface area contributed by atoms with Crippen LogP contribution in [0, 0.1) is 5.92 Å². The molecule has 8 heteroatoms. The fourth-order valence-electron chi connectivity index (χ4n) is 1.56. The number of nitrogens with one attached hydrogen (secondary N) is 1. The van der Waals surface area contributed by atoms with Crippen LogP contribution in [0.1, 0.15) is 20.3 Å². The summed E-state index contributed by atoms with van der Waals surface area (Å²) in [5.41, 5.74) is 0. The topological polar surface area (TPSA) is 77.8 Å². The molecule has 0 aliphatic carbocycles. The van der Waals surface area contributed by atoms with E-state index in [0.717, 1.165) is 13.0 Å². The van der Waals surface area contributed by atoms with E-state index < -0.39 is 0 Å². The Morgan fingerprint density at radius 1 is 1.29 bits per heavy atom. The fourth-order valence-corrected chi connectivity index (χ4v) is 1.72. The van der Waals surface area contributed by atoms with Crippen LogP contribution >= 0.6 is 11.6 Å². The highest BCUT2D eigenvalue weighted by Gasteiger charge is 2.06. The van der Waals surface area contributed by atoms with E-state index in [-0.39, 0.29) is 5.28 Å². The Hall–Kier alpha value is -1.73. The molecular weight excluding hydrogens is 292 g/mol. The number of rotatable bonds is 8. The van der Waals surface area contributed by atoms with Gasteiger partial charge in [0, 0.05) is 25.5 Å². The Bertz CT molecular complexity index is 546. The molecule has 0 aliphatic heterocycles. The van der Waals surface area contributed by atoms with Gasteiger partial charge in [-0.1, -0.05) is 13.8 Å². The van der Waals surface area contributed by atoms with Crippen molar-refractivity contribution >= 4 is 17.5 Å². The minimum absolute atomic E-state index is 0.124. The predicted molar refractivity (Wildman–Crippen MR) is 80.7 cm³/mol. The molecule has 21 heavy (non-hydrogen) atoms. The molecule has 0 atom stereocenters. The van der Waals surface area contributed by atoms with Gasteiger partial charge in [0.2, 0.25) is 11.2 Å². The molecule has 0 spiro atoms. The fraction of sp³-hybridized carbons (Fsp3) is 0.538. The highest BCUT2D eigenvalue weighted by molar-refractivity contribution is 6.28. The van der Waals surface area contributed by atoms with Gasteiger partial charge in [0.05, 0.1) is 6.61 Å². The van der Waals surface area contributed by atoms with Crippen molar-refractivity contribution in [2.24, 2.45) is 5.92 Å². The molecule has 2 rings (SSSR count). The number of hydrogen-bond donors (Lipinski definition) is 1. The molecule has 0 amide bonds.